The molecule has 3 rings (SSSR count). The molecule has 0 spiro atoms. The fourth-order valence-corrected chi connectivity index (χ4v) is 3.84. The van der Waals surface area contributed by atoms with Crippen molar-refractivity contribution in [3.63, 3.8) is 0 Å². The molecule has 6 heteroatoms. The topological polar surface area (TPSA) is 55.4 Å². The van der Waals surface area contributed by atoms with E-state index in [2.05, 4.69) is 12.2 Å². The Bertz CT molecular complexity index is 754. The SMILES string of the molecule is C[C@H]1CCc2sc(C(=O)OCC(=O)Nc3ccc(F)cc3)cc2C1. The Hall–Kier alpha value is -2.21. The third-order valence-electron chi connectivity index (χ3n) is 3.99. The van der Waals surface area contributed by atoms with Gasteiger partial charge in [-0.05, 0) is 61.1 Å². The summed E-state index contributed by atoms with van der Waals surface area (Å²) in [6.07, 6.45) is 3.13. The Balaban J connectivity index is 1.53. The van der Waals surface area contributed by atoms with Crippen molar-refractivity contribution in [1.82, 2.24) is 0 Å². The van der Waals surface area contributed by atoms with Crippen LogP contribution in [-0.4, -0.2) is 18.5 Å². The summed E-state index contributed by atoms with van der Waals surface area (Å²) >= 11 is 1.45. The van der Waals surface area contributed by atoms with Crippen LogP contribution in [0.4, 0.5) is 10.1 Å². The summed E-state index contributed by atoms with van der Waals surface area (Å²) in [6, 6.07) is 7.28. The smallest absolute Gasteiger partial charge is 0.348 e. The fraction of sp³-hybridized carbons (Fsp3) is 0.333. The summed E-state index contributed by atoms with van der Waals surface area (Å²) in [5.41, 5.74) is 1.68. The summed E-state index contributed by atoms with van der Waals surface area (Å²) in [7, 11) is 0. The van der Waals surface area contributed by atoms with Crippen molar-refractivity contribution in [2.24, 2.45) is 5.92 Å². The lowest BCUT2D eigenvalue weighted by atomic mass is 9.90. The number of nitrogens with one attached hydrogen (secondary N) is 1. The number of amides is 1. The first-order valence-corrected chi connectivity index (χ1v) is 8.67. The molecule has 0 bridgehead atoms. The number of halogens is 1. The van der Waals surface area contributed by atoms with Crippen molar-refractivity contribution in [1.29, 1.82) is 0 Å². The van der Waals surface area contributed by atoms with Crippen LogP contribution in [0, 0.1) is 11.7 Å². The molecule has 24 heavy (non-hydrogen) atoms. The van der Waals surface area contributed by atoms with Gasteiger partial charge in [0.1, 0.15) is 10.7 Å². The van der Waals surface area contributed by atoms with Gasteiger partial charge in [0, 0.05) is 10.6 Å². The van der Waals surface area contributed by atoms with Crippen molar-refractivity contribution in [2.45, 2.75) is 26.2 Å². The zero-order valence-electron chi connectivity index (χ0n) is 13.3. The molecule has 1 N–H and O–H groups in total. The van der Waals surface area contributed by atoms with Crippen molar-refractivity contribution in [3.05, 3.63) is 51.5 Å². The largest absolute Gasteiger partial charge is 0.451 e. The minimum Gasteiger partial charge on any atom is -0.451 e. The molecule has 126 valence electrons. The van der Waals surface area contributed by atoms with Crippen LogP contribution in [0.1, 0.15) is 33.5 Å². The molecule has 0 unspecified atom stereocenters. The van der Waals surface area contributed by atoms with Gasteiger partial charge in [-0.25, -0.2) is 9.18 Å². The molecule has 1 aliphatic rings. The quantitative estimate of drug-likeness (QED) is 0.856. The second kappa shape index (κ2) is 7.13. The van der Waals surface area contributed by atoms with Gasteiger partial charge in [-0.1, -0.05) is 6.92 Å². The summed E-state index contributed by atoms with van der Waals surface area (Å²) < 4.78 is 17.9. The van der Waals surface area contributed by atoms with E-state index < -0.39 is 11.9 Å². The average Bonchev–Trinajstić information content (AvgIpc) is 2.98. The number of hydrogen-bond donors (Lipinski definition) is 1. The molecule has 1 heterocycles. The Kier molecular flexibility index (Phi) is 4.94. The van der Waals surface area contributed by atoms with E-state index in [1.165, 1.54) is 46.0 Å². The molecule has 1 amide bonds. The second-order valence-corrected chi connectivity index (χ2v) is 7.17. The standard InChI is InChI=1S/C18H18FNO3S/c1-11-2-7-15-12(8-11)9-16(24-15)18(22)23-10-17(21)20-14-5-3-13(19)4-6-14/h3-6,9,11H,2,7-8,10H2,1H3,(H,20,21)/t11-/m0/s1. The molecule has 0 aliphatic heterocycles. The summed E-state index contributed by atoms with van der Waals surface area (Å²) in [5.74, 6) is -0.672. The first kappa shape index (κ1) is 16.6. The highest BCUT2D eigenvalue weighted by Crippen LogP contribution is 2.32. The molecule has 1 aliphatic carbocycles. The van der Waals surface area contributed by atoms with Crippen LogP contribution in [0.25, 0.3) is 0 Å². The minimum absolute atomic E-state index is 0.366. The number of thiophene rings is 1. The van der Waals surface area contributed by atoms with E-state index in [4.69, 9.17) is 4.74 Å². The molecule has 0 fully saturated rings. The molecule has 0 saturated carbocycles. The number of benzene rings is 1. The van der Waals surface area contributed by atoms with Gasteiger partial charge in [0.2, 0.25) is 0 Å². The predicted octanol–water partition coefficient (Wildman–Crippen LogP) is 3.81. The molecule has 2 aromatic rings. The molecule has 1 atom stereocenters. The van der Waals surface area contributed by atoms with Crippen LogP contribution >= 0.6 is 11.3 Å². The summed E-state index contributed by atoms with van der Waals surface area (Å²) in [5, 5.41) is 2.55. The lowest BCUT2D eigenvalue weighted by molar-refractivity contribution is -0.119. The van der Waals surface area contributed by atoms with Crippen molar-refractivity contribution >= 4 is 28.9 Å². The number of anilines is 1. The molecule has 1 aromatic carbocycles. The lowest BCUT2D eigenvalue weighted by Gasteiger charge is -2.16. The predicted molar refractivity (Wildman–Crippen MR) is 90.8 cm³/mol. The first-order chi connectivity index (χ1) is 11.5. The third kappa shape index (κ3) is 4.00. The molecule has 0 radical (unpaired) electrons. The van der Waals surface area contributed by atoms with Crippen LogP contribution in [0.3, 0.4) is 0 Å². The summed E-state index contributed by atoms with van der Waals surface area (Å²) in [4.78, 5) is 25.7. The number of ether oxygens (including phenoxy) is 1. The van der Waals surface area contributed by atoms with E-state index in [0.29, 0.717) is 16.5 Å². The van der Waals surface area contributed by atoms with Gasteiger partial charge >= 0.3 is 5.97 Å². The number of esters is 1. The van der Waals surface area contributed by atoms with Crippen LogP contribution in [0.15, 0.2) is 30.3 Å². The van der Waals surface area contributed by atoms with Crippen LogP contribution in [0.5, 0.6) is 0 Å². The van der Waals surface area contributed by atoms with E-state index in [-0.39, 0.29) is 12.4 Å². The van der Waals surface area contributed by atoms with E-state index in [0.717, 1.165) is 19.3 Å². The number of fused-ring (bicyclic) bond motifs is 1. The van der Waals surface area contributed by atoms with Crippen molar-refractivity contribution < 1.29 is 18.7 Å². The molecule has 4 nitrogen and oxygen atoms in total. The highest BCUT2D eigenvalue weighted by Gasteiger charge is 2.21. The number of rotatable bonds is 4. The zero-order chi connectivity index (χ0) is 17.1. The van der Waals surface area contributed by atoms with E-state index >= 15 is 0 Å². The monoisotopic (exact) mass is 347 g/mol. The number of hydrogen-bond acceptors (Lipinski definition) is 4. The number of carbonyl (C=O) groups excluding carboxylic acids is 2. The Morgan fingerprint density at radius 3 is 2.83 bits per heavy atom. The minimum atomic E-state index is -0.476. The Morgan fingerprint density at radius 1 is 1.33 bits per heavy atom. The highest BCUT2D eigenvalue weighted by molar-refractivity contribution is 7.14. The van der Waals surface area contributed by atoms with Crippen LogP contribution in [-0.2, 0) is 22.4 Å². The normalized spacial score (nSPS) is 16.3. The first-order valence-electron chi connectivity index (χ1n) is 7.85. The van der Waals surface area contributed by atoms with Crippen molar-refractivity contribution in [3.8, 4) is 0 Å². The van der Waals surface area contributed by atoms with Gasteiger partial charge in [0.15, 0.2) is 6.61 Å². The van der Waals surface area contributed by atoms with Gasteiger partial charge < -0.3 is 10.1 Å². The maximum Gasteiger partial charge on any atom is 0.348 e. The van der Waals surface area contributed by atoms with E-state index in [1.54, 1.807) is 0 Å². The van der Waals surface area contributed by atoms with E-state index in [1.807, 2.05) is 6.07 Å². The average molecular weight is 347 g/mol. The summed E-state index contributed by atoms with van der Waals surface area (Å²) in [6.45, 7) is 1.84. The Morgan fingerprint density at radius 2 is 2.08 bits per heavy atom. The maximum atomic E-state index is 12.8. The number of aryl methyl sites for hydroxylation is 1. The third-order valence-corrected chi connectivity index (χ3v) is 5.21. The molecule has 1 aromatic heterocycles. The van der Waals surface area contributed by atoms with E-state index in [9.17, 15) is 14.0 Å². The van der Waals surface area contributed by atoms with Gasteiger partial charge in [-0.2, -0.15) is 0 Å². The highest BCUT2D eigenvalue weighted by atomic mass is 32.1. The fourth-order valence-electron chi connectivity index (χ4n) is 2.74. The van der Waals surface area contributed by atoms with Crippen LogP contribution < -0.4 is 5.32 Å². The number of carbonyl (C=O) groups is 2. The molecular weight excluding hydrogens is 329 g/mol. The van der Waals surface area contributed by atoms with Gasteiger partial charge in [0.05, 0.1) is 0 Å². The van der Waals surface area contributed by atoms with Gasteiger partial charge in [0.25, 0.3) is 5.91 Å². The zero-order valence-corrected chi connectivity index (χ0v) is 14.1. The molecular formula is C18H18FNO3S. The van der Waals surface area contributed by atoms with Crippen molar-refractivity contribution in [2.75, 3.05) is 11.9 Å². The maximum absolute atomic E-state index is 12.8. The second-order valence-electron chi connectivity index (χ2n) is 6.04. The van der Waals surface area contributed by atoms with Gasteiger partial charge in [-0.3, -0.25) is 4.79 Å². The van der Waals surface area contributed by atoms with Crippen LogP contribution in [0.2, 0.25) is 0 Å². The lowest BCUT2D eigenvalue weighted by Crippen LogP contribution is -2.20. The molecule has 0 saturated heterocycles. The van der Waals surface area contributed by atoms with Gasteiger partial charge in [-0.15, -0.1) is 11.3 Å². The Labute approximate surface area is 143 Å².